The summed E-state index contributed by atoms with van der Waals surface area (Å²) in [4.78, 5) is 7.86. The van der Waals surface area contributed by atoms with E-state index in [1.807, 2.05) is 6.92 Å². The highest BCUT2D eigenvalue weighted by molar-refractivity contribution is 4.98. The van der Waals surface area contributed by atoms with E-state index in [1.165, 1.54) is 0 Å². The van der Waals surface area contributed by atoms with Gasteiger partial charge in [-0.25, -0.2) is 0 Å². The summed E-state index contributed by atoms with van der Waals surface area (Å²) < 4.78 is 5.12. The highest BCUT2D eigenvalue weighted by atomic mass is 16.5. The maximum Gasteiger partial charge on any atom is 0.0997 e. The van der Waals surface area contributed by atoms with E-state index in [4.69, 9.17) is 4.74 Å². The van der Waals surface area contributed by atoms with Crippen molar-refractivity contribution in [2.24, 2.45) is 0 Å². The van der Waals surface area contributed by atoms with E-state index in [0.717, 1.165) is 0 Å². The first-order valence-electron chi connectivity index (χ1n) is 4.36. The maximum absolute atomic E-state index is 9.56. The van der Waals surface area contributed by atoms with Crippen molar-refractivity contribution in [3.8, 4) is 0 Å². The topological polar surface area (TPSA) is 55.2 Å². The van der Waals surface area contributed by atoms with Crippen LogP contribution in [-0.2, 0) is 4.74 Å². The fourth-order valence-electron chi connectivity index (χ4n) is 0.970. The summed E-state index contributed by atoms with van der Waals surface area (Å²) in [5.41, 5.74) is 0.599. The van der Waals surface area contributed by atoms with Gasteiger partial charge in [0.25, 0.3) is 0 Å². The molecular formula is C9H14N2O2. The van der Waals surface area contributed by atoms with Crippen LogP contribution < -0.4 is 0 Å². The first-order chi connectivity index (χ1) is 6.34. The molecule has 0 radical (unpaired) electrons. The largest absolute Gasteiger partial charge is 0.387 e. The Balaban J connectivity index is 2.35. The fourth-order valence-corrected chi connectivity index (χ4v) is 0.970. The zero-order valence-electron chi connectivity index (χ0n) is 7.68. The Hall–Kier alpha value is -1.00. The molecule has 0 saturated heterocycles. The molecule has 1 rings (SSSR count). The molecular weight excluding hydrogens is 168 g/mol. The van der Waals surface area contributed by atoms with Crippen LogP contribution in [0.4, 0.5) is 0 Å². The number of hydrogen-bond acceptors (Lipinski definition) is 4. The Bertz CT molecular complexity index is 228. The smallest absolute Gasteiger partial charge is 0.0997 e. The van der Waals surface area contributed by atoms with Gasteiger partial charge in [0.15, 0.2) is 0 Å². The van der Waals surface area contributed by atoms with Crippen molar-refractivity contribution in [2.75, 3.05) is 13.2 Å². The molecule has 0 bridgehead atoms. The second-order valence-corrected chi connectivity index (χ2v) is 2.63. The minimum atomic E-state index is -0.569. The SMILES string of the molecule is CCOCCC(O)c1cnccn1. The van der Waals surface area contributed by atoms with Crippen molar-refractivity contribution < 1.29 is 9.84 Å². The molecule has 0 aliphatic heterocycles. The maximum atomic E-state index is 9.56. The Kier molecular flexibility index (Phi) is 4.35. The van der Waals surface area contributed by atoms with E-state index in [2.05, 4.69) is 9.97 Å². The van der Waals surface area contributed by atoms with Crippen LogP contribution in [0.15, 0.2) is 18.6 Å². The molecule has 1 aromatic rings. The third kappa shape index (κ3) is 3.48. The van der Waals surface area contributed by atoms with Crippen molar-refractivity contribution in [1.82, 2.24) is 9.97 Å². The molecule has 4 nitrogen and oxygen atoms in total. The zero-order valence-corrected chi connectivity index (χ0v) is 7.68. The van der Waals surface area contributed by atoms with Crippen LogP contribution in [0.2, 0.25) is 0 Å². The van der Waals surface area contributed by atoms with Crippen LogP contribution in [-0.4, -0.2) is 28.3 Å². The van der Waals surface area contributed by atoms with Crippen LogP contribution >= 0.6 is 0 Å². The minimum Gasteiger partial charge on any atom is -0.387 e. The Morgan fingerprint density at radius 2 is 2.38 bits per heavy atom. The summed E-state index contributed by atoms with van der Waals surface area (Å²) in [5, 5.41) is 9.56. The predicted octanol–water partition coefficient (Wildman–Crippen LogP) is 0.937. The average Bonchev–Trinajstić information content (AvgIpc) is 2.19. The number of aliphatic hydroxyl groups excluding tert-OH is 1. The molecule has 1 N–H and O–H groups in total. The molecule has 0 aromatic carbocycles. The lowest BCUT2D eigenvalue weighted by atomic mass is 10.2. The summed E-state index contributed by atoms with van der Waals surface area (Å²) in [5.74, 6) is 0. The molecule has 0 amide bonds. The molecule has 0 aliphatic carbocycles. The summed E-state index contributed by atoms with van der Waals surface area (Å²) in [7, 11) is 0. The van der Waals surface area contributed by atoms with E-state index in [1.54, 1.807) is 18.6 Å². The predicted molar refractivity (Wildman–Crippen MR) is 48.1 cm³/mol. The molecule has 13 heavy (non-hydrogen) atoms. The van der Waals surface area contributed by atoms with Crippen molar-refractivity contribution in [3.63, 3.8) is 0 Å². The standard InChI is InChI=1S/C9H14N2O2/c1-2-13-6-3-9(12)8-7-10-4-5-11-8/h4-5,7,9,12H,2-3,6H2,1H3. The first-order valence-corrected chi connectivity index (χ1v) is 4.36. The third-order valence-corrected chi connectivity index (χ3v) is 1.66. The summed E-state index contributed by atoms with van der Waals surface area (Å²) in [6.45, 7) is 3.15. The highest BCUT2D eigenvalue weighted by Gasteiger charge is 2.07. The lowest BCUT2D eigenvalue weighted by Crippen LogP contribution is -2.05. The van der Waals surface area contributed by atoms with Gasteiger partial charge in [-0.3, -0.25) is 9.97 Å². The van der Waals surface area contributed by atoms with Crippen LogP contribution in [0.1, 0.15) is 25.1 Å². The van der Waals surface area contributed by atoms with Gasteiger partial charge in [-0.05, 0) is 6.92 Å². The van der Waals surface area contributed by atoms with E-state index in [9.17, 15) is 5.11 Å². The molecule has 1 atom stereocenters. The summed E-state index contributed by atoms with van der Waals surface area (Å²) >= 11 is 0. The number of hydrogen-bond donors (Lipinski definition) is 1. The average molecular weight is 182 g/mol. The first kappa shape index (κ1) is 10.1. The molecule has 1 unspecified atom stereocenters. The summed E-state index contributed by atoms with van der Waals surface area (Å²) in [6, 6.07) is 0. The molecule has 0 saturated carbocycles. The van der Waals surface area contributed by atoms with Crippen molar-refractivity contribution in [3.05, 3.63) is 24.3 Å². The van der Waals surface area contributed by atoms with Crippen LogP contribution in [0, 0.1) is 0 Å². The number of rotatable bonds is 5. The zero-order chi connectivity index (χ0) is 9.52. The number of ether oxygens (including phenoxy) is 1. The van der Waals surface area contributed by atoms with Gasteiger partial charge in [0, 0.05) is 32.0 Å². The highest BCUT2D eigenvalue weighted by Crippen LogP contribution is 2.11. The fraction of sp³-hybridized carbons (Fsp3) is 0.556. The second-order valence-electron chi connectivity index (χ2n) is 2.63. The Morgan fingerprint density at radius 1 is 1.54 bits per heavy atom. The Labute approximate surface area is 77.6 Å². The summed E-state index contributed by atoms with van der Waals surface area (Å²) in [6.07, 6.45) is 4.71. The van der Waals surface area contributed by atoms with Crippen molar-refractivity contribution in [2.45, 2.75) is 19.4 Å². The molecule has 0 spiro atoms. The van der Waals surface area contributed by atoms with Crippen molar-refractivity contribution >= 4 is 0 Å². The van der Waals surface area contributed by atoms with E-state index >= 15 is 0 Å². The number of aromatic nitrogens is 2. The van der Waals surface area contributed by atoms with Gasteiger partial charge >= 0.3 is 0 Å². The van der Waals surface area contributed by atoms with E-state index in [-0.39, 0.29) is 0 Å². The molecule has 1 heterocycles. The van der Waals surface area contributed by atoms with E-state index in [0.29, 0.717) is 25.3 Å². The molecule has 0 aliphatic rings. The molecule has 72 valence electrons. The minimum absolute atomic E-state index is 0.550. The molecule has 1 aromatic heterocycles. The Morgan fingerprint density at radius 3 is 3.00 bits per heavy atom. The van der Waals surface area contributed by atoms with Gasteiger partial charge in [0.1, 0.15) is 0 Å². The quantitative estimate of drug-likeness (QED) is 0.688. The van der Waals surface area contributed by atoms with Crippen LogP contribution in [0.25, 0.3) is 0 Å². The molecule has 4 heteroatoms. The van der Waals surface area contributed by atoms with Gasteiger partial charge in [0.05, 0.1) is 18.0 Å². The normalized spacial score (nSPS) is 12.8. The van der Waals surface area contributed by atoms with Crippen molar-refractivity contribution in [1.29, 1.82) is 0 Å². The number of nitrogens with zero attached hydrogens (tertiary/aromatic N) is 2. The second kappa shape index (κ2) is 5.61. The van der Waals surface area contributed by atoms with Gasteiger partial charge in [-0.1, -0.05) is 0 Å². The number of aliphatic hydroxyl groups is 1. The van der Waals surface area contributed by atoms with Gasteiger partial charge in [0.2, 0.25) is 0 Å². The van der Waals surface area contributed by atoms with Crippen LogP contribution in [0.3, 0.4) is 0 Å². The van der Waals surface area contributed by atoms with Gasteiger partial charge < -0.3 is 9.84 Å². The lowest BCUT2D eigenvalue weighted by Gasteiger charge is -2.08. The third-order valence-electron chi connectivity index (χ3n) is 1.66. The van der Waals surface area contributed by atoms with Crippen LogP contribution in [0.5, 0.6) is 0 Å². The van der Waals surface area contributed by atoms with Gasteiger partial charge in [-0.15, -0.1) is 0 Å². The molecule has 0 fully saturated rings. The van der Waals surface area contributed by atoms with Gasteiger partial charge in [-0.2, -0.15) is 0 Å². The van der Waals surface area contributed by atoms with E-state index < -0.39 is 6.10 Å². The monoisotopic (exact) mass is 182 g/mol. The lowest BCUT2D eigenvalue weighted by molar-refractivity contribution is 0.0864.